The van der Waals surface area contributed by atoms with Crippen LogP contribution in [0.3, 0.4) is 0 Å². The average Bonchev–Trinajstić information content (AvgIpc) is 3.06. The molecule has 25 heavy (non-hydrogen) atoms. The lowest BCUT2D eigenvalue weighted by atomic mass is 9.93. The average molecular weight is 358 g/mol. The molecule has 6 heteroatoms. The van der Waals surface area contributed by atoms with Crippen LogP contribution < -0.4 is 0 Å². The maximum Gasteiger partial charge on any atom is 0.303 e. The van der Waals surface area contributed by atoms with Crippen molar-refractivity contribution < 1.29 is 14.7 Å². The van der Waals surface area contributed by atoms with Crippen LogP contribution in [-0.2, 0) is 4.79 Å². The van der Waals surface area contributed by atoms with E-state index in [-0.39, 0.29) is 18.2 Å². The van der Waals surface area contributed by atoms with Crippen LogP contribution in [0.4, 0.5) is 0 Å². The lowest BCUT2D eigenvalue weighted by Gasteiger charge is -2.32. The quantitative estimate of drug-likeness (QED) is 0.882. The summed E-state index contributed by atoms with van der Waals surface area (Å²) in [5, 5.41) is 11.9. The summed E-state index contributed by atoms with van der Waals surface area (Å²) in [6.07, 6.45) is 2.73. The summed E-state index contributed by atoms with van der Waals surface area (Å²) in [4.78, 5) is 30.0. The number of carbonyl (C=O) groups is 2. The highest BCUT2D eigenvalue weighted by molar-refractivity contribution is 7.09. The SMILES string of the molecule is Cc1nc(-c2cccc(C(=O)N3CCC[C@H](CCC(=O)O)C3)c2)cs1. The third kappa shape index (κ3) is 4.45. The summed E-state index contributed by atoms with van der Waals surface area (Å²) in [5.74, 6) is -0.471. The summed E-state index contributed by atoms with van der Waals surface area (Å²) >= 11 is 1.60. The van der Waals surface area contributed by atoms with Gasteiger partial charge in [-0.15, -0.1) is 11.3 Å². The molecule has 1 aromatic heterocycles. The van der Waals surface area contributed by atoms with E-state index < -0.39 is 5.97 Å². The van der Waals surface area contributed by atoms with Gasteiger partial charge < -0.3 is 10.0 Å². The second kappa shape index (κ2) is 7.78. The number of carboxylic acids is 1. The zero-order valence-electron chi connectivity index (χ0n) is 14.3. The van der Waals surface area contributed by atoms with Crippen LogP contribution in [0.2, 0.25) is 0 Å². The van der Waals surface area contributed by atoms with Gasteiger partial charge in [0.1, 0.15) is 0 Å². The van der Waals surface area contributed by atoms with Gasteiger partial charge in [-0.25, -0.2) is 4.98 Å². The Hall–Kier alpha value is -2.21. The molecular formula is C19H22N2O3S. The number of carbonyl (C=O) groups excluding carboxylic acids is 1. The number of amides is 1. The lowest BCUT2D eigenvalue weighted by molar-refractivity contribution is -0.137. The molecule has 1 amide bonds. The van der Waals surface area contributed by atoms with Crippen molar-refractivity contribution >= 4 is 23.2 Å². The Bertz CT molecular complexity index is 772. The highest BCUT2D eigenvalue weighted by atomic mass is 32.1. The smallest absolute Gasteiger partial charge is 0.303 e. The van der Waals surface area contributed by atoms with Gasteiger partial charge in [0.25, 0.3) is 5.91 Å². The minimum absolute atomic E-state index is 0.0221. The second-order valence-corrected chi connectivity index (χ2v) is 7.59. The molecule has 1 aliphatic heterocycles. The fourth-order valence-corrected chi connectivity index (χ4v) is 3.92. The van der Waals surface area contributed by atoms with Crippen molar-refractivity contribution in [3.05, 3.63) is 40.2 Å². The molecule has 2 heterocycles. The maximum atomic E-state index is 12.9. The Balaban J connectivity index is 1.71. The molecular weight excluding hydrogens is 336 g/mol. The number of likely N-dealkylation sites (tertiary alicyclic amines) is 1. The second-order valence-electron chi connectivity index (χ2n) is 6.52. The Morgan fingerprint density at radius 3 is 2.96 bits per heavy atom. The minimum Gasteiger partial charge on any atom is -0.481 e. The number of hydrogen-bond donors (Lipinski definition) is 1. The van der Waals surface area contributed by atoms with Crippen LogP contribution in [0.1, 0.15) is 41.0 Å². The summed E-state index contributed by atoms with van der Waals surface area (Å²) in [6.45, 7) is 3.35. The predicted molar refractivity (Wildman–Crippen MR) is 97.8 cm³/mol. The van der Waals surface area contributed by atoms with Gasteiger partial charge in [-0.1, -0.05) is 12.1 Å². The predicted octanol–water partition coefficient (Wildman–Crippen LogP) is 3.84. The van der Waals surface area contributed by atoms with Gasteiger partial charge in [0, 0.05) is 36.0 Å². The van der Waals surface area contributed by atoms with Crippen LogP contribution in [0.5, 0.6) is 0 Å². The number of carboxylic acid groups (broad SMARTS) is 1. The monoisotopic (exact) mass is 358 g/mol. The Morgan fingerprint density at radius 2 is 2.24 bits per heavy atom. The van der Waals surface area contributed by atoms with Crippen LogP contribution in [0.25, 0.3) is 11.3 Å². The summed E-state index contributed by atoms with van der Waals surface area (Å²) in [5.41, 5.74) is 2.52. The van der Waals surface area contributed by atoms with E-state index in [2.05, 4.69) is 4.98 Å². The molecule has 0 radical (unpaired) electrons. The molecule has 1 fully saturated rings. The van der Waals surface area contributed by atoms with Gasteiger partial charge in [0.15, 0.2) is 0 Å². The molecule has 132 valence electrons. The van der Waals surface area contributed by atoms with Crippen molar-refractivity contribution in [3.63, 3.8) is 0 Å². The normalized spacial score (nSPS) is 17.5. The molecule has 0 saturated carbocycles. The molecule has 2 aromatic rings. The van der Waals surface area contributed by atoms with Crippen LogP contribution in [0, 0.1) is 12.8 Å². The topological polar surface area (TPSA) is 70.5 Å². The minimum atomic E-state index is -0.769. The van der Waals surface area contributed by atoms with Crippen molar-refractivity contribution in [3.8, 4) is 11.3 Å². The van der Waals surface area contributed by atoms with E-state index in [1.54, 1.807) is 11.3 Å². The number of aryl methyl sites for hydroxylation is 1. The van der Waals surface area contributed by atoms with E-state index in [0.29, 0.717) is 18.5 Å². The van der Waals surface area contributed by atoms with E-state index in [1.807, 2.05) is 41.5 Å². The number of aliphatic carboxylic acids is 1. The van der Waals surface area contributed by atoms with E-state index in [4.69, 9.17) is 5.11 Å². The Morgan fingerprint density at radius 1 is 1.40 bits per heavy atom. The first-order valence-corrected chi connectivity index (χ1v) is 9.44. The van der Waals surface area contributed by atoms with E-state index in [1.165, 1.54) is 0 Å². The summed E-state index contributed by atoms with van der Waals surface area (Å²) in [6, 6.07) is 7.60. The number of thiazole rings is 1. The number of aromatic nitrogens is 1. The molecule has 1 atom stereocenters. The fraction of sp³-hybridized carbons (Fsp3) is 0.421. The first-order valence-electron chi connectivity index (χ1n) is 8.56. The maximum absolute atomic E-state index is 12.9. The largest absolute Gasteiger partial charge is 0.481 e. The number of hydrogen-bond acceptors (Lipinski definition) is 4. The van der Waals surface area contributed by atoms with Gasteiger partial charge in [-0.3, -0.25) is 9.59 Å². The third-order valence-electron chi connectivity index (χ3n) is 4.60. The van der Waals surface area contributed by atoms with E-state index in [0.717, 1.165) is 35.7 Å². The van der Waals surface area contributed by atoms with Crippen molar-refractivity contribution in [2.75, 3.05) is 13.1 Å². The van der Waals surface area contributed by atoms with Crippen molar-refractivity contribution in [2.45, 2.75) is 32.6 Å². The molecule has 0 unspecified atom stereocenters. The fourth-order valence-electron chi connectivity index (χ4n) is 3.30. The van der Waals surface area contributed by atoms with Crippen molar-refractivity contribution in [2.24, 2.45) is 5.92 Å². The first-order chi connectivity index (χ1) is 12.0. The molecule has 1 saturated heterocycles. The van der Waals surface area contributed by atoms with E-state index in [9.17, 15) is 9.59 Å². The van der Waals surface area contributed by atoms with Gasteiger partial charge in [0.2, 0.25) is 0 Å². The number of rotatable bonds is 5. The molecule has 1 aliphatic rings. The Kier molecular flexibility index (Phi) is 5.48. The number of benzene rings is 1. The zero-order chi connectivity index (χ0) is 17.8. The van der Waals surface area contributed by atoms with Crippen molar-refractivity contribution in [1.82, 2.24) is 9.88 Å². The molecule has 0 spiro atoms. The van der Waals surface area contributed by atoms with Gasteiger partial charge in [0.05, 0.1) is 10.7 Å². The summed E-state index contributed by atoms with van der Waals surface area (Å²) in [7, 11) is 0. The third-order valence-corrected chi connectivity index (χ3v) is 5.37. The lowest BCUT2D eigenvalue weighted by Crippen LogP contribution is -2.40. The highest BCUT2D eigenvalue weighted by Gasteiger charge is 2.25. The van der Waals surface area contributed by atoms with Gasteiger partial charge in [-0.2, -0.15) is 0 Å². The molecule has 1 N–H and O–H groups in total. The van der Waals surface area contributed by atoms with Gasteiger partial charge in [-0.05, 0) is 44.2 Å². The zero-order valence-corrected chi connectivity index (χ0v) is 15.1. The van der Waals surface area contributed by atoms with Gasteiger partial charge >= 0.3 is 5.97 Å². The molecule has 0 bridgehead atoms. The Labute approximate surface area is 151 Å². The van der Waals surface area contributed by atoms with Crippen LogP contribution in [-0.4, -0.2) is 40.0 Å². The molecule has 5 nitrogen and oxygen atoms in total. The summed E-state index contributed by atoms with van der Waals surface area (Å²) < 4.78 is 0. The molecule has 3 rings (SSSR count). The van der Waals surface area contributed by atoms with E-state index >= 15 is 0 Å². The number of piperidine rings is 1. The van der Waals surface area contributed by atoms with Crippen LogP contribution in [0.15, 0.2) is 29.6 Å². The highest BCUT2D eigenvalue weighted by Crippen LogP contribution is 2.25. The standard InChI is InChI=1S/C19H22N2O3S/c1-13-20-17(12-25-13)15-5-2-6-16(10-15)19(24)21-9-3-4-14(11-21)7-8-18(22)23/h2,5-6,10,12,14H,3-4,7-9,11H2,1H3,(H,22,23)/t14-/m1/s1. The van der Waals surface area contributed by atoms with Crippen LogP contribution >= 0.6 is 11.3 Å². The van der Waals surface area contributed by atoms with Crippen molar-refractivity contribution in [1.29, 1.82) is 0 Å². The molecule has 1 aromatic carbocycles. The number of nitrogens with zero attached hydrogens (tertiary/aromatic N) is 2. The first kappa shape index (κ1) is 17.6. The molecule has 0 aliphatic carbocycles.